The highest BCUT2D eigenvalue weighted by atomic mass is 79.9. The van der Waals surface area contributed by atoms with E-state index in [1.165, 1.54) is 0 Å². The number of benzene rings is 1. The SMILES string of the molecule is COCCCNC(=O)c1cccc(Br)c1N. The first-order valence-electron chi connectivity index (χ1n) is 4.98. The predicted octanol–water partition coefficient (Wildman–Crippen LogP) is 1.80. The summed E-state index contributed by atoms with van der Waals surface area (Å²) >= 11 is 3.28. The van der Waals surface area contributed by atoms with Gasteiger partial charge in [0.2, 0.25) is 0 Å². The van der Waals surface area contributed by atoms with Crippen LogP contribution in [-0.2, 0) is 4.74 Å². The second-order valence-electron chi connectivity index (χ2n) is 3.30. The second kappa shape index (κ2) is 6.50. The molecule has 0 radical (unpaired) electrons. The Morgan fingerprint density at radius 3 is 3.00 bits per heavy atom. The highest BCUT2D eigenvalue weighted by molar-refractivity contribution is 9.10. The van der Waals surface area contributed by atoms with Crippen molar-refractivity contribution in [3.05, 3.63) is 28.2 Å². The molecule has 0 spiro atoms. The maximum atomic E-state index is 11.7. The quantitative estimate of drug-likeness (QED) is 0.641. The zero-order valence-electron chi connectivity index (χ0n) is 9.13. The lowest BCUT2D eigenvalue weighted by atomic mass is 10.1. The lowest BCUT2D eigenvalue weighted by molar-refractivity contribution is 0.0949. The highest BCUT2D eigenvalue weighted by Crippen LogP contribution is 2.22. The number of carbonyl (C=O) groups excluding carboxylic acids is 1. The lowest BCUT2D eigenvalue weighted by Crippen LogP contribution is -2.26. The Kier molecular flexibility index (Phi) is 5.28. The Morgan fingerprint density at radius 2 is 2.31 bits per heavy atom. The topological polar surface area (TPSA) is 64.3 Å². The number of rotatable bonds is 5. The number of anilines is 1. The molecular formula is C11H15BrN2O2. The Bertz CT molecular complexity index is 369. The summed E-state index contributed by atoms with van der Waals surface area (Å²) in [6, 6.07) is 5.29. The molecule has 4 nitrogen and oxygen atoms in total. The molecule has 1 amide bonds. The number of methoxy groups -OCH3 is 1. The molecule has 0 aliphatic heterocycles. The Morgan fingerprint density at radius 1 is 1.56 bits per heavy atom. The van der Waals surface area contributed by atoms with Crippen LogP contribution < -0.4 is 11.1 Å². The van der Waals surface area contributed by atoms with Crippen molar-refractivity contribution in [3.63, 3.8) is 0 Å². The van der Waals surface area contributed by atoms with Crippen LogP contribution in [0.25, 0.3) is 0 Å². The largest absolute Gasteiger partial charge is 0.397 e. The Labute approximate surface area is 103 Å². The van der Waals surface area contributed by atoms with Crippen LogP contribution in [0.5, 0.6) is 0 Å². The summed E-state index contributed by atoms with van der Waals surface area (Å²) in [6.07, 6.45) is 0.788. The summed E-state index contributed by atoms with van der Waals surface area (Å²) in [7, 11) is 1.63. The number of hydrogen-bond donors (Lipinski definition) is 2. The summed E-state index contributed by atoms with van der Waals surface area (Å²) in [5, 5.41) is 2.78. The Hall–Kier alpha value is -1.07. The number of nitrogens with one attached hydrogen (secondary N) is 1. The molecule has 88 valence electrons. The van der Waals surface area contributed by atoms with Crippen LogP contribution in [0.2, 0.25) is 0 Å². The van der Waals surface area contributed by atoms with E-state index in [1.54, 1.807) is 25.3 Å². The van der Waals surface area contributed by atoms with Crippen molar-refractivity contribution in [1.82, 2.24) is 5.32 Å². The molecule has 1 aromatic rings. The molecule has 16 heavy (non-hydrogen) atoms. The molecule has 3 N–H and O–H groups in total. The van der Waals surface area contributed by atoms with Gasteiger partial charge in [-0.2, -0.15) is 0 Å². The number of nitrogen functional groups attached to an aromatic ring is 1. The van der Waals surface area contributed by atoms with E-state index in [9.17, 15) is 4.79 Å². The fraction of sp³-hybridized carbons (Fsp3) is 0.364. The van der Waals surface area contributed by atoms with Gasteiger partial charge in [-0.25, -0.2) is 0 Å². The molecule has 0 aromatic heterocycles. The fourth-order valence-corrected chi connectivity index (χ4v) is 1.61. The minimum atomic E-state index is -0.157. The van der Waals surface area contributed by atoms with Crippen molar-refractivity contribution in [1.29, 1.82) is 0 Å². The van der Waals surface area contributed by atoms with Gasteiger partial charge in [0.1, 0.15) is 0 Å². The van der Waals surface area contributed by atoms with Gasteiger partial charge in [-0.3, -0.25) is 4.79 Å². The maximum absolute atomic E-state index is 11.7. The highest BCUT2D eigenvalue weighted by Gasteiger charge is 2.10. The van der Waals surface area contributed by atoms with Crippen molar-refractivity contribution in [2.45, 2.75) is 6.42 Å². The summed E-state index contributed by atoms with van der Waals surface area (Å²) < 4.78 is 5.62. The third kappa shape index (κ3) is 3.50. The molecule has 0 fully saturated rings. The van der Waals surface area contributed by atoms with Crippen molar-refractivity contribution in [2.24, 2.45) is 0 Å². The fourth-order valence-electron chi connectivity index (χ4n) is 1.25. The molecule has 5 heteroatoms. The van der Waals surface area contributed by atoms with Gasteiger partial charge < -0.3 is 15.8 Å². The summed E-state index contributed by atoms with van der Waals surface area (Å²) in [4.78, 5) is 11.7. The van der Waals surface area contributed by atoms with Gasteiger partial charge in [0, 0.05) is 24.7 Å². The number of nitrogens with two attached hydrogens (primary N) is 1. The third-order valence-electron chi connectivity index (χ3n) is 2.11. The summed E-state index contributed by atoms with van der Waals surface area (Å²) in [6.45, 7) is 1.22. The van der Waals surface area contributed by atoms with Crippen molar-refractivity contribution >= 4 is 27.5 Å². The van der Waals surface area contributed by atoms with E-state index in [4.69, 9.17) is 10.5 Å². The van der Waals surface area contributed by atoms with E-state index in [0.29, 0.717) is 24.4 Å². The van der Waals surface area contributed by atoms with Crippen molar-refractivity contribution in [3.8, 4) is 0 Å². The zero-order valence-corrected chi connectivity index (χ0v) is 10.7. The molecule has 0 saturated carbocycles. The lowest BCUT2D eigenvalue weighted by Gasteiger charge is -2.08. The van der Waals surface area contributed by atoms with Crippen molar-refractivity contribution < 1.29 is 9.53 Å². The molecular weight excluding hydrogens is 272 g/mol. The minimum Gasteiger partial charge on any atom is -0.397 e. The molecule has 0 heterocycles. The molecule has 0 aliphatic carbocycles. The monoisotopic (exact) mass is 286 g/mol. The number of amides is 1. The second-order valence-corrected chi connectivity index (χ2v) is 4.16. The van der Waals surface area contributed by atoms with Gasteiger partial charge >= 0.3 is 0 Å². The van der Waals surface area contributed by atoms with Gasteiger partial charge in [-0.1, -0.05) is 6.07 Å². The first kappa shape index (κ1) is 13.0. The third-order valence-corrected chi connectivity index (χ3v) is 2.80. The van der Waals surface area contributed by atoms with Crippen LogP contribution in [0.1, 0.15) is 16.8 Å². The number of ether oxygens (including phenoxy) is 1. The van der Waals surface area contributed by atoms with Crippen LogP contribution in [0.4, 0.5) is 5.69 Å². The van der Waals surface area contributed by atoms with E-state index < -0.39 is 0 Å². The van der Waals surface area contributed by atoms with Crippen LogP contribution in [0.15, 0.2) is 22.7 Å². The van der Waals surface area contributed by atoms with Crippen molar-refractivity contribution in [2.75, 3.05) is 26.0 Å². The van der Waals surface area contributed by atoms with Crippen LogP contribution in [0, 0.1) is 0 Å². The van der Waals surface area contributed by atoms with Gasteiger partial charge in [-0.05, 0) is 34.5 Å². The summed E-state index contributed by atoms with van der Waals surface area (Å²) in [5.74, 6) is -0.157. The molecule has 0 aliphatic rings. The standard InChI is InChI=1S/C11H15BrN2O2/c1-16-7-3-6-14-11(15)8-4-2-5-9(12)10(8)13/h2,4-5H,3,6-7,13H2,1H3,(H,14,15). The average molecular weight is 287 g/mol. The predicted molar refractivity (Wildman–Crippen MR) is 67.4 cm³/mol. The minimum absolute atomic E-state index is 0.157. The van der Waals surface area contributed by atoms with Gasteiger partial charge in [-0.15, -0.1) is 0 Å². The number of carbonyl (C=O) groups is 1. The molecule has 1 rings (SSSR count). The van der Waals surface area contributed by atoms with Crippen LogP contribution in [0.3, 0.4) is 0 Å². The number of para-hydroxylation sites is 1. The normalized spacial score (nSPS) is 10.1. The first-order chi connectivity index (χ1) is 7.66. The van der Waals surface area contributed by atoms with Crippen LogP contribution >= 0.6 is 15.9 Å². The smallest absolute Gasteiger partial charge is 0.253 e. The Balaban J connectivity index is 2.56. The van der Waals surface area contributed by atoms with E-state index in [0.717, 1.165) is 10.9 Å². The number of halogens is 1. The average Bonchev–Trinajstić information content (AvgIpc) is 2.28. The first-order valence-corrected chi connectivity index (χ1v) is 5.77. The van der Waals surface area contributed by atoms with Gasteiger partial charge in [0.05, 0.1) is 11.3 Å². The van der Waals surface area contributed by atoms with E-state index >= 15 is 0 Å². The summed E-state index contributed by atoms with van der Waals surface area (Å²) in [5.41, 5.74) is 6.74. The molecule has 0 saturated heterocycles. The molecule has 0 atom stereocenters. The van der Waals surface area contributed by atoms with E-state index in [-0.39, 0.29) is 5.91 Å². The molecule has 0 bridgehead atoms. The maximum Gasteiger partial charge on any atom is 0.253 e. The van der Waals surface area contributed by atoms with E-state index in [1.807, 2.05) is 0 Å². The van der Waals surface area contributed by atoms with E-state index in [2.05, 4.69) is 21.2 Å². The van der Waals surface area contributed by atoms with Gasteiger partial charge in [0.15, 0.2) is 0 Å². The molecule has 1 aromatic carbocycles. The van der Waals surface area contributed by atoms with Crippen LogP contribution in [-0.4, -0.2) is 26.2 Å². The molecule has 0 unspecified atom stereocenters. The zero-order chi connectivity index (χ0) is 12.0. The van der Waals surface area contributed by atoms with Gasteiger partial charge in [0.25, 0.3) is 5.91 Å². The number of hydrogen-bond acceptors (Lipinski definition) is 3.